The van der Waals surface area contributed by atoms with Gasteiger partial charge in [-0.15, -0.1) is 11.3 Å². The molecule has 4 nitrogen and oxygen atoms in total. The number of hydrogen-bond donors (Lipinski definition) is 0. The number of nitrogens with zero attached hydrogens (tertiary/aromatic N) is 2. The first-order valence-electron chi connectivity index (χ1n) is 6.12. The summed E-state index contributed by atoms with van der Waals surface area (Å²) in [4.78, 5) is 3.96. The molecule has 0 saturated heterocycles. The quantitative estimate of drug-likeness (QED) is 0.851. The van der Waals surface area contributed by atoms with Crippen LogP contribution in [0.1, 0.15) is 18.4 Å². The number of rotatable bonds is 5. The van der Waals surface area contributed by atoms with E-state index in [4.69, 9.17) is 0 Å². The third-order valence-corrected chi connectivity index (χ3v) is 6.37. The number of thiophene rings is 1. The number of hydrogen-bond acceptors (Lipinski definition) is 4. The highest BCUT2D eigenvalue weighted by molar-refractivity contribution is 7.91. The highest BCUT2D eigenvalue weighted by atomic mass is 32.2. The number of aromatic nitrogens is 1. The lowest BCUT2D eigenvalue weighted by molar-refractivity contribution is 0.400. The first-order valence-corrected chi connectivity index (χ1v) is 8.44. The third kappa shape index (κ3) is 2.70. The van der Waals surface area contributed by atoms with Crippen molar-refractivity contribution >= 4 is 21.4 Å². The van der Waals surface area contributed by atoms with Gasteiger partial charge in [-0.3, -0.25) is 4.98 Å². The SMILES string of the molecule is O=S(=O)(c1cccs1)N(Cc1ccncc1)C1CC1. The van der Waals surface area contributed by atoms with Crippen LogP contribution in [0.5, 0.6) is 0 Å². The molecule has 1 saturated carbocycles. The highest BCUT2D eigenvalue weighted by Gasteiger charge is 2.38. The summed E-state index contributed by atoms with van der Waals surface area (Å²) in [5, 5.41) is 1.80. The van der Waals surface area contributed by atoms with Crippen molar-refractivity contribution < 1.29 is 8.42 Å². The Kier molecular flexibility index (Phi) is 3.38. The molecule has 0 aromatic carbocycles. The summed E-state index contributed by atoms with van der Waals surface area (Å²) in [5.74, 6) is 0. The molecule has 0 spiro atoms. The van der Waals surface area contributed by atoms with Gasteiger partial charge in [-0.2, -0.15) is 4.31 Å². The average molecular weight is 294 g/mol. The molecule has 2 aromatic heterocycles. The van der Waals surface area contributed by atoms with E-state index in [1.807, 2.05) is 12.1 Å². The van der Waals surface area contributed by atoms with Crippen molar-refractivity contribution in [3.63, 3.8) is 0 Å². The van der Waals surface area contributed by atoms with E-state index in [-0.39, 0.29) is 6.04 Å². The van der Waals surface area contributed by atoms with Crippen molar-refractivity contribution in [2.45, 2.75) is 29.6 Å². The van der Waals surface area contributed by atoms with Crippen LogP contribution in [0.2, 0.25) is 0 Å². The van der Waals surface area contributed by atoms with Crippen molar-refractivity contribution in [2.75, 3.05) is 0 Å². The van der Waals surface area contributed by atoms with Gasteiger partial charge in [0.25, 0.3) is 10.0 Å². The molecule has 0 atom stereocenters. The maximum atomic E-state index is 12.6. The summed E-state index contributed by atoms with van der Waals surface area (Å²) < 4.78 is 27.2. The van der Waals surface area contributed by atoms with E-state index >= 15 is 0 Å². The molecule has 19 heavy (non-hydrogen) atoms. The van der Waals surface area contributed by atoms with Crippen LogP contribution < -0.4 is 0 Å². The lowest BCUT2D eigenvalue weighted by Gasteiger charge is -2.21. The molecule has 0 bridgehead atoms. The first-order chi connectivity index (χ1) is 9.18. The molecule has 1 aliphatic rings. The Hall–Kier alpha value is -1.24. The van der Waals surface area contributed by atoms with Gasteiger partial charge in [0.05, 0.1) is 0 Å². The summed E-state index contributed by atoms with van der Waals surface area (Å²) in [6, 6.07) is 7.32. The van der Waals surface area contributed by atoms with Gasteiger partial charge in [-0.25, -0.2) is 8.42 Å². The van der Waals surface area contributed by atoms with Crippen LogP contribution in [0.15, 0.2) is 46.2 Å². The number of pyridine rings is 1. The molecule has 1 fully saturated rings. The topological polar surface area (TPSA) is 50.3 Å². The summed E-state index contributed by atoms with van der Waals surface area (Å²) in [6.45, 7) is 0.424. The van der Waals surface area contributed by atoms with Gasteiger partial charge in [-0.1, -0.05) is 6.07 Å². The molecule has 0 aliphatic heterocycles. The predicted octanol–water partition coefficient (Wildman–Crippen LogP) is 2.50. The van der Waals surface area contributed by atoms with E-state index in [1.54, 1.807) is 34.2 Å². The second-order valence-corrected chi connectivity index (χ2v) is 7.63. The van der Waals surface area contributed by atoms with Crippen LogP contribution in [0, 0.1) is 0 Å². The standard InChI is InChI=1S/C13H14N2O2S2/c16-19(17,13-2-1-9-18-13)15(12-3-4-12)10-11-5-7-14-8-6-11/h1-2,5-9,12H,3-4,10H2. The second kappa shape index (κ2) is 5.03. The average Bonchev–Trinajstić information content (AvgIpc) is 3.09. The van der Waals surface area contributed by atoms with Gasteiger partial charge >= 0.3 is 0 Å². The molecule has 0 unspecified atom stereocenters. The zero-order valence-electron chi connectivity index (χ0n) is 10.3. The predicted molar refractivity (Wildman–Crippen MR) is 74.3 cm³/mol. The fourth-order valence-electron chi connectivity index (χ4n) is 1.97. The maximum Gasteiger partial charge on any atom is 0.253 e. The molecule has 6 heteroatoms. The van der Waals surface area contributed by atoms with Crippen LogP contribution in [-0.4, -0.2) is 23.7 Å². The van der Waals surface area contributed by atoms with Crippen molar-refractivity contribution in [3.05, 3.63) is 47.6 Å². The summed E-state index contributed by atoms with van der Waals surface area (Å²) >= 11 is 1.27. The third-order valence-electron chi connectivity index (χ3n) is 3.10. The van der Waals surface area contributed by atoms with E-state index < -0.39 is 10.0 Å². The van der Waals surface area contributed by atoms with Crippen molar-refractivity contribution in [1.29, 1.82) is 0 Å². The lowest BCUT2D eigenvalue weighted by Crippen LogP contribution is -2.32. The van der Waals surface area contributed by atoms with Gasteiger partial charge in [0.2, 0.25) is 0 Å². The van der Waals surface area contributed by atoms with Crippen molar-refractivity contribution in [3.8, 4) is 0 Å². The summed E-state index contributed by atoms with van der Waals surface area (Å²) in [7, 11) is -3.36. The molecule has 2 heterocycles. The van der Waals surface area contributed by atoms with Crippen molar-refractivity contribution in [2.24, 2.45) is 0 Å². The Balaban J connectivity index is 1.90. The Morgan fingerprint density at radius 1 is 1.26 bits per heavy atom. The number of sulfonamides is 1. The zero-order valence-corrected chi connectivity index (χ0v) is 11.9. The van der Waals surface area contributed by atoms with E-state index in [2.05, 4.69) is 4.98 Å². The summed E-state index contributed by atoms with van der Waals surface area (Å²) in [6.07, 6.45) is 5.29. The van der Waals surface area contributed by atoms with Gasteiger partial charge in [-0.05, 0) is 42.0 Å². The van der Waals surface area contributed by atoms with E-state index in [9.17, 15) is 8.42 Å². The lowest BCUT2D eigenvalue weighted by atomic mass is 10.3. The molecule has 0 N–H and O–H groups in total. The minimum atomic E-state index is -3.36. The molecule has 0 amide bonds. The molecule has 100 valence electrons. The maximum absolute atomic E-state index is 12.6. The van der Waals surface area contributed by atoms with Crippen LogP contribution in [-0.2, 0) is 16.6 Å². The first kappa shape index (κ1) is 12.8. The van der Waals surface area contributed by atoms with Crippen LogP contribution in [0.3, 0.4) is 0 Å². The van der Waals surface area contributed by atoms with Crippen LogP contribution in [0.4, 0.5) is 0 Å². The molecule has 3 rings (SSSR count). The smallest absolute Gasteiger partial charge is 0.253 e. The highest BCUT2D eigenvalue weighted by Crippen LogP contribution is 2.34. The van der Waals surface area contributed by atoms with Gasteiger partial charge < -0.3 is 0 Å². The van der Waals surface area contributed by atoms with Gasteiger partial charge in [0, 0.05) is 25.0 Å². The molecular formula is C13H14N2O2S2. The van der Waals surface area contributed by atoms with Crippen molar-refractivity contribution in [1.82, 2.24) is 9.29 Å². The minimum absolute atomic E-state index is 0.153. The zero-order chi connectivity index (χ0) is 13.3. The van der Waals surface area contributed by atoms with Gasteiger partial charge in [0.1, 0.15) is 4.21 Å². The summed E-state index contributed by atoms with van der Waals surface area (Å²) in [5.41, 5.74) is 0.974. The Labute approximate surface area is 116 Å². The Morgan fingerprint density at radius 3 is 2.58 bits per heavy atom. The fraction of sp³-hybridized carbons (Fsp3) is 0.308. The monoisotopic (exact) mass is 294 g/mol. The molecule has 1 aliphatic carbocycles. The molecular weight excluding hydrogens is 280 g/mol. The Bertz CT molecular complexity index is 635. The second-order valence-electron chi connectivity index (χ2n) is 4.57. The molecule has 2 aromatic rings. The van der Waals surface area contributed by atoms with Crippen LogP contribution >= 0.6 is 11.3 Å². The van der Waals surface area contributed by atoms with E-state index in [0.717, 1.165) is 18.4 Å². The Morgan fingerprint density at radius 2 is 2.00 bits per heavy atom. The van der Waals surface area contributed by atoms with Crippen LogP contribution in [0.25, 0.3) is 0 Å². The van der Waals surface area contributed by atoms with E-state index in [0.29, 0.717) is 10.8 Å². The largest absolute Gasteiger partial charge is 0.265 e. The fourth-order valence-corrected chi connectivity index (χ4v) is 4.76. The van der Waals surface area contributed by atoms with Gasteiger partial charge in [0.15, 0.2) is 0 Å². The minimum Gasteiger partial charge on any atom is -0.265 e. The normalized spacial score (nSPS) is 15.8. The van der Waals surface area contributed by atoms with E-state index in [1.165, 1.54) is 11.3 Å². The molecule has 0 radical (unpaired) electrons.